The van der Waals surface area contributed by atoms with Crippen molar-refractivity contribution in [2.45, 2.75) is 32.2 Å². The largest absolute Gasteiger partial charge is 0.350 e. The summed E-state index contributed by atoms with van der Waals surface area (Å²) < 4.78 is 28.4. The van der Waals surface area contributed by atoms with Crippen LogP contribution in [0, 0.1) is 20.8 Å². The molecule has 0 aliphatic heterocycles. The van der Waals surface area contributed by atoms with Gasteiger partial charge in [0.15, 0.2) is 0 Å². The van der Waals surface area contributed by atoms with Crippen LogP contribution in [0.2, 0.25) is 0 Å². The number of anilines is 1. The Balaban J connectivity index is 1.92. The molecule has 32 heavy (non-hydrogen) atoms. The van der Waals surface area contributed by atoms with Gasteiger partial charge in [-0.05, 0) is 61.2 Å². The molecule has 3 rings (SSSR count). The molecule has 0 bridgehead atoms. The second-order valence-electron chi connectivity index (χ2n) is 7.64. The molecule has 3 aromatic rings. The van der Waals surface area contributed by atoms with E-state index in [0.29, 0.717) is 16.8 Å². The van der Waals surface area contributed by atoms with E-state index in [0.717, 1.165) is 27.3 Å². The zero-order valence-electron chi connectivity index (χ0n) is 18.3. The molecule has 0 saturated heterocycles. The Morgan fingerprint density at radius 1 is 0.938 bits per heavy atom. The fourth-order valence-electron chi connectivity index (χ4n) is 3.43. The number of amides is 1. The number of benzene rings is 3. The van der Waals surface area contributed by atoms with Crippen molar-refractivity contribution in [2.75, 3.05) is 10.8 Å². The van der Waals surface area contributed by atoms with Gasteiger partial charge in [0.05, 0.1) is 10.6 Å². The van der Waals surface area contributed by atoms with Crippen molar-refractivity contribution in [2.24, 2.45) is 0 Å². The van der Waals surface area contributed by atoms with Gasteiger partial charge in [-0.2, -0.15) is 0 Å². The monoisotopic (exact) mass is 450 g/mol. The summed E-state index contributed by atoms with van der Waals surface area (Å²) in [5.74, 6) is -0.445. The van der Waals surface area contributed by atoms with Crippen LogP contribution in [0.15, 0.2) is 71.6 Å². The lowest BCUT2D eigenvalue weighted by Crippen LogP contribution is -2.41. The van der Waals surface area contributed by atoms with E-state index in [9.17, 15) is 18.0 Å². The van der Waals surface area contributed by atoms with Crippen LogP contribution < -0.4 is 9.62 Å². The molecule has 6 nitrogen and oxygen atoms in total. The minimum atomic E-state index is -3.99. The first-order valence-corrected chi connectivity index (χ1v) is 11.6. The summed E-state index contributed by atoms with van der Waals surface area (Å²) in [6.45, 7) is 5.29. The summed E-state index contributed by atoms with van der Waals surface area (Å²) in [4.78, 5) is 24.0. The fraction of sp³-hybridized carbons (Fsp3) is 0.200. The van der Waals surface area contributed by atoms with Crippen molar-refractivity contribution in [3.05, 3.63) is 94.5 Å². The van der Waals surface area contributed by atoms with Crippen molar-refractivity contribution in [3.63, 3.8) is 0 Å². The zero-order valence-corrected chi connectivity index (χ0v) is 19.1. The van der Waals surface area contributed by atoms with Crippen LogP contribution in [-0.2, 0) is 21.4 Å². The Morgan fingerprint density at radius 2 is 1.62 bits per heavy atom. The predicted molar refractivity (Wildman–Crippen MR) is 125 cm³/mol. The number of carbonyl (C=O) groups excluding carboxylic acids is 2. The molecule has 0 aliphatic rings. The highest BCUT2D eigenvalue weighted by atomic mass is 32.2. The molecule has 0 radical (unpaired) electrons. The normalized spacial score (nSPS) is 11.1. The Hall–Kier alpha value is -3.45. The lowest BCUT2D eigenvalue weighted by Gasteiger charge is -2.27. The van der Waals surface area contributed by atoms with Gasteiger partial charge in [0.2, 0.25) is 5.91 Å². The number of aldehydes is 1. The van der Waals surface area contributed by atoms with Gasteiger partial charge in [0, 0.05) is 12.1 Å². The summed E-state index contributed by atoms with van der Waals surface area (Å²) >= 11 is 0. The van der Waals surface area contributed by atoms with E-state index in [4.69, 9.17) is 0 Å². The first kappa shape index (κ1) is 23.2. The first-order valence-electron chi connectivity index (χ1n) is 10.2. The molecule has 1 N–H and O–H groups in total. The minimum absolute atomic E-state index is 0.160. The van der Waals surface area contributed by atoms with Crippen molar-refractivity contribution in [1.82, 2.24) is 5.32 Å². The smallest absolute Gasteiger partial charge is 0.265 e. The standard InChI is InChI=1S/C25H26N2O4S/c1-18-9-6-12-23(20(18)3)27(32(30,31)24-13-5-4-8-19(24)2)16-25(29)26-15-21-10-7-11-22(14-21)17-28/h4-14,17H,15-16H2,1-3H3,(H,26,29). The molecule has 0 fully saturated rings. The third-order valence-corrected chi connectivity index (χ3v) is 7.29. The second kappa shape index (κ2) is 9.78. The molecule has 0 atom stereocenters. The highest BCUT2D eigenvalue weighted by Crippen LogP contribution is 2.29. The number of nitrogens with one attached hydrogen (secondary N) is 1. The summed E-state index contributed by atoms with van der Waals surface area (Å²) in [6.07, 6.45) is 0.738. The number of hydrogen-bond donors (Lipinski definition) is 1. The molecule has 3 aromatic carbocycles. The van der Waals surface area contributed by atoms with Crippen LogP contribution >= 0.6 is 0 Å². The average molecular weight is 451 g/mol. The van der Waals surface area contributed by atoms with E-state index in [-0.39, 0.29) is 18.0 Å². The molecule has 0 spiro atoms. The maximum absolute atomic E-state index is 13.6. The Morgan fingerprint density at radius 3 is 2.34 bits per heavy atom. The number of sulfonamides is 1. The maximum atomic E-state index is 13.6. The van der Waals surface area contributed by atoms with Gasteiger partial charge in [0.25, 0.3) is 10.0 Å². The summed E-state index contributed by atoms with van der Waals surface area (Å²) in [5.41, 5.74) is 4.05. The predicted octanol–water partition coefficient (Wildman–Crippen LogP) is 3.94. The maximum Gasteiger partial charge on any atom is 0.265 e. The van der Waals surface area contributed by atoms with Gasteiger partial charge in [-0.15, -0.1) is 0 Å². The van der Waals surface area contributed by atoms with Crippen LogP contribution in [0.3, 0.4) is 0 Å². The minimum Gasteiger partial charge on any atom is -0.350 e. The summed E-state index contributed by atoms with van der Waals surface area (Å²) in [7, 11) is -3.99. The van der Waals surface area contributed by atoms with E-state index in [2.05, 4.69) is 5.32 Å². The quantitative estimate of drug-likeness (QED) is 0.527. The molecule has 1 amide bonds. The van der Waals surface area contributed by atoms with Crippen LogP contribution in [-0.4, -0.2) is 27.2 Å². The van der Waals surface area contributed by atoms with Gasteiger partial charge < -0.3 is 5.32 Å². The first-order chi connectivity index (χ1) is 15.2. The number of aryl methyl sites for hydroxylation is 2. The number of hydrogen-bond acceptors (Lipinski definition) is 4. The Kier molecular flexibility index (Phi) is 7.10. The van der Waals surface area contributed by atoms with Crippen molar-refractivity contribution < 1.29 is 18.0 Å². The van der Waals surface area contributed by atoms with Gasteiger partial charge in [-0.25, -0.2) is 8.42 Å². The second-order valence-corrected chi connectivity index (χ2v) is 9.47. The van der Waals surface area contributed by atoms with Crippen LogP contribution in [0.1, 0.15) is 32.6 Å². The molecule has 0 aliphatic carbocycles. The van der Waals surface area contributed by atoms with Crippen molar-refractivity contribution in [1.29, 1.82) is 0 Å². The van der Waals surface area contributed by atoms with E-state index < -0.39 is 15.9 Å². The lowest BCUT2D eigenvalue weighted by atomic mass is 10.1. The topological polar surface area (TPSA) is 83.6 Å². The Bertz CT molecular complexity index is 1250. The molecule has 0 aromatic heterocycles. The van der Waals surface area contributed by atoms with E-state index >= 15 is 0 Å². The highest BCUT2D eigenvalue weighted by molar-refractivity contribution is 7.93. The summed E-state index contributed by atoms with van der Waals surface area (Å²) in [6, 6.07) is 19.0. The molecular formula is C25H26N2O4S. The summed E-state index contributed by atoms with van der Waals surface area (Å²) in [5, 5.41) is 2.76. The van der Waals surface area contributed by atoms with Crippen molar-refractivity contribution >= 4 is 27.9 Å². The molecular weight excluding hydrogens is 424 g/mol. The highest BCUT2D eigenvalue weighted by Gasteiger charge is 2.29. The van der Waals surface area contributed by atoms with Crippen LogP contribution in [0.5, 0.6) is 0 Å². The van der Waals surface area contributed by atoms with Gasteiger partial charge in [-0.3, -0.25) is 13.9 Å². The molecule has 166 valence electrons. The van der Waals surface area contributed by atoms with E-state index in [1.807, 2.05) is 19.9 Å². The number of rotatable bonds is 8. The number of nitrogens with zero attached hydrogens (tertiary/aromatic N) is 1. The van der Waals surface area contributed by atoms with Crippen LogP contribution in [0.4, 0.5) is 5.69 Å². The third-order valence-electron chi connectivity index (χ3n) is 5.37. The van der Waals surface area contributed by atoms with Gasteiger partial charge in [0.1, 0.15) is 12.8 Å². The van der Waals surface area contributed by atoms with Crippen LogP contribution in [0.25, 0.3) is 0 Å². The molecule has 0 heterocycles. The SMILES string of the molecule is Cc1ccccc1S(=O)(=O)N(CC(=O)NCc1cccc(C=O)c1)c1cccc(C)c1C. The lowest BCUT2D eigenvalue weighted by molar-refractivity contribution is -0.119. The zero-order chi connectivity index (χ0) is 23.3. The fourth-order valence-corrected chi connectivity index (χ4v) is 5.14. The average Bonchev–Trinajstić information content (AvgIpc) is 2.78. The number of carbonyl (C=O) groups is 2. The van der Waals surface area contributed by atoms with E-state index in [1.54, 1.807) is 67.6 Å². The molecule has 0 saturated carbocycles. The van der Waals surface area contributed by atoms with E-state index in [1.165, 1.54) is 0 Å². The van der Waals surface area contributed by atoms with Gasteiger partial charge >= 0.3 is 0 Å². The molecule has 7 heteroatoms. The van der Waals surface area contributed by atoms with Gasteiger partial charge in [-0.1, -0.05) is 48.5 Å². The Labute approximate surface area is 188 Å². The molecule has 0 unspecified atom stereocenters. The van der Waals surface area contributed by atoms with Crippen molar-refractivity contribution in [3.8, 4) is 0 Å². The third kappa shape index (κ3) is 5.06.